The zero-order valence-corrected chi connectivity index (χ0v) is 29.9. The molecule has 1 amide bonds. The summed E-state index contributed by atoms with van der Waals surface area (Å²) in [5.41, 5.74) is 3.70. The quantitative estimate of drug-likeness (QED) is 0.164. The molecule has 49 heavy (non-hydrogen) atoms. The number of rotatable bonds is 11. The van der Waals surface area contributed by atoms with E-state index < -0.39 is 28.5 Å². The molecule has 0 unspecified atom stereocenters. The van der Waals surface area contributed by atoms with E-state index in [1.54, 1.807) is 28.1 Å². The number of benzene rings is 3. The van der Waals surface area contributed by atoms with Gasteiger partial charge in [-0.1, -0.05) is 41.9 Å². The van der Waals surface area contributed by atoms with Crippen molar-refractivity contribution in [3.63, 3.8) is 0 Å². The summed E-state index contributed by atoms with van der Waals surface area (Å²) in [6.07, 6.45) is 3.04. The van der Waals surface area contributed by atoms with Crippen LogP contribution in [-0.2, 0) is 42.4 Å². The van der Waals surface area contributed by atoms with E-state index in [0.717, 1.165) is 33.9 Å². The Kier molecular flexibility index (Phi) is 9.00. The van der Waals surface area contributed by atoms with Crippen molar-refractivity contribution in [2.24, 2.45) is 0 Å². The molecule has 1 saturated heterocycles. The van der Waals surface area contributed by atoms with Crippen LogP contribution in [0.1, 0.15) is 43.4 Å². The number of anilines is 1. The van der Waals surface area contributed by atoms with Crippen LogP contribution in [0.5, 0.6) is 11.5 Å². The second-order valence-corrected chi connectivity index (χ2v) is 14.7. The minimum Gasteiger partial charge on any atom is -0.497 e. The Morgan fingerprint density at radius 1 is 0.918 bits per heavy atom. The van der Waals surface area contributed by atoms with Crippen LogP contribution in [0.15, 0.2) is 78.1 Å². The molecule has 1 spiro atoms. The second-order valence-electron chi connectivity index (χ2n) is 13.3. The Balaban J connectivity index is 1.26. The van der Waals surface area contributed by atoms with Crippen LogP contribution in [-0.4, -0.2) is 73.5 Å². The van der Waals surface area contributed by atoms with Gasteiger partial charge < -0.3 is 33.5 Å². The molecule has 4 aliphatic rings. The van der Waals surface area contributed by atoms with Crippen molar-refractivity contribution < 1.29 is 33.3 Å². The molecule has 3 aromatic carbocycles. The molecule has 4 atom stereocenters. The monoisotopic (exact) mass is 704 g/mol. The summed E-state index contributed by atoms with van der Waals surface area (Å²) in [5.74, 6) is 0.650. The first-order valence-electron chi connectivity index (χ1n) is 16.5. The van der Waals surface area contributed by atoms with Gasteiger partial charge >= 0.3 is 5.97 Å². The van der Waals surface area contributed by atoms with Crippen molar-refractivity contribution in [2.75, 3.05) is 38.5 Å². The number of amides is 1. The molecule has 1 fully saturated rings. The predicted octanol–water partition coefficient (Wildman–Crippen LogP) is 6.50. The smallest absolute Gasteiger partial charge is 0.342 e. The molecule has 258 valence electrons. The maximum atomic E-state index is 14.6. The Bertz CT molecular complexity index is 1780. The van der Waals surface area contributed by atoms with E-state index >= 15 is 0 Å². The zero-order chi connectivity index (χ0) is 34.5. The van der Waals surface area contributed by atoms with E-state index in [9.17, 15) is 9.59 Å². The summed E-state index contributed by atoms with van der Waals surface area (Å²) < 4.78 is 29.1. The fraction of sp³-hybridized carbons (Fsp3) is 0.421. The normalized spacial score (nSPS) is 24.9. The molecule has 0 radical (unpaired) electrons. The highest BCUT2D eigenvalue weighted by Gasteiger charge is 2.72. The van der Waals surface area contributed by atoms with Gasteiger partial charge in [-0.25, -0.2) is 4.79 Å². The number of fused-ring (bicyclic) bond motifs is 2. The Morgan fingerprint density at radius 3 is 2.24 bits per heavy atom. The summed E-state index contributed by atoms with van der Waals surface area (Å²) in [4.78, 5) is 32.9. The third kappa shape index (κ3) is 5.71. The highest BCUT2D eigenvalue weighted by Crippen LogP contribution is 2.63. The number of halogens is 1. The lowest BCUT2D eigenvalue weighted by atomic mass is 9.63. The van der Waals surface area contributed by atoms with Crippen molar-refractivity contribution in [1.29, 1.82) is 0 Å². The van der Waals surface area contributed by atoms with E-state index in [1.807, 2.05) is 77.9 Å². The van der Waals surface area contributed by atoms with Crippen LogP contribution in [0.25, 0.3) is 0 Å². The molecule has 9 nitrogen and oxygen atoms in total. The fourth-order valence-corrected chi connectivity index (χ4v) is 9.49. The molecule has 0 aromatic heterocycles. The number of carbonyl (C=O) groups is 2. The molecule has 0 bridgehead atoms. The number of esters is 1. The largest absolute Gasteiger partial charge is 0.497 e. The van der Waals surface area contributed by atoms with Crippen LogP contribution in [0.4, 0.5) is 5.69 Å². The molecule has 1 aliphatic carbocycles. The van der Waals surface area contributed by atoms with Gasteiger partial charge in [0.2, 0.25) is 11.7 Å². The van der Waals surface area contributed by atoms with E-state index in [0.29, 0.717) is 55.5 Å². The molecule has 0 N–H and O–H groups in total. The molecule has 7 rings (SSSR count). The van der Waals surface area contributed by atoms with E-state index in [1.165, 1.54) is 11.8 Å². The van der Waals surface area contributed by atoms with Gasteiger partial charge in [-0.05, 0) is 65.8 Å². The van der Waals surface area contributed by atoms with E-state index in [4.69, 9.17) is 35.3 Å². The third-order valence-corrected chi connectivity index (χ3v) is 11.4. The van der Waals surface area contributed by atoms with E-state index in [2.05, 4.69) is 4.90 Å². The minimum absolute atomic E-state index is 0.0531. The van der Waals surface area contributed by atoms with Gasteiger partial charge in [-0.2, -0.15) is 11.8 Å². The minimum atomic E-state index is -1.13. The lowest BCUT2D eigenvalue weighted by molar-refractivity contribution is -0.211. The average Bonchev–Trinajstić information content (AvgIpc) is 3.49. The number of hydrogen-bond donors (Lipinski definition) is 0. The number of carbonyl (C=O) groups excluding carboxylic acids is 2. The Morgan fingerprint density at radius 2 is 1.59 bits per heavy atom. The number of likely N-dealkylation sites (tertiary alicyclic amines) is 1. The predicted molar refractivity (Wildman–Crippen MR) is 189 cm³/mol. The number of cyclic esters (lactones) is 1. The first-order chi connectivity index (χ1) is 23.6. The topological polar surface area (TPSA) is 86.8 Å². The highest BCUT2D eigenvalue weighted by molar-refractivity contribution is 8.00. The van der Waals surface area contributed by atoms with Crippen molar-refractivity contribution in [1.82, 2.24) is 4.90 Å². The van der Waals surface area contributed by atoms with Crippen molar-refractivity contribution in [3.8, 4) is 11.5 Å². The van der Waals surface area contributed by atoms with Gasteiger partial charge in [-0.15, -0.1) is 0 Å². The van der Waals surface area contributed by atoms with Crippen LogP contribution < -0.4 is 14.4 Å². The van der Waals surface area contributed by atoms with Crippen LogP contribution in [0.3, 0.4) is 0 Å². The Hall–Kier alpha value is -3.86. The van der Waals surface area contributed by atoms with Crippen molar-refractivity contribution >= 4 is 40.9 Å². The van der Waals surface area contributed by atoms with Gasteiger partial charge in [0.1, 0.15) is 17.3 Å². The van der Waals surface area contributed by atoms with E-state index in [-0.39, 0.29) is 11.9 Å². The molecule has 3 aromatic rings. The van der Waals surface area contributed by atoms with Gasteiger partial charge in [0.15, 0.2) is 0 Å². The van der Waals surface area contributed by atoms with Crippen LogP contribution in [0.2, 0.25) is 5.02 Å². The maximum Gasteiger partial charge on any atom is 0.342 e. The molecular weight excluding hydrogens is 664 g/mol. The fourth-order valence-electron chi connectivity index (χ4n) is 8.18. The SMILES string of the molecule is COc1ccc(COCCCN2C(=O)[C@H](SC)[C@@]34c5ccc(Cl)cc5N(Cc5ccc(OC)cc5)[C@H]3C3=C(C[C@H]24)OC(C)(C)OC3=O)cc1. The summed E-state index contributed by atoms with van der Waals surface area (Å²) in [5, 5.41) is 0.124. The van der Waals surface area contributed by atoms with Gasteiger partial charge in [0.25, 0.3) is 0 Å². The Labute approximate surface area is 296 Å². The molecule has 3 aliphatic heterocycles. The van der Waals surface area contributed by atoms with Gasteiger partial charge in [0.05, 0.1) is 49.1 Å². The second kappa shape index (κ2) is 13.1. The van der Waals surface area contributed by atoms with Gasteiger partial charge in [0, 0.05) is 50.7 Å². The maximum absolute atomic E-state index is 14.6. The highest BCUT2D eigenvalue weighted by atomic mass is 35.5. The molecular formula is C38H41ClN2O7S. The van der Waals surface area contributed by atoms with Gasteiger partial charge in [-0.3, -0.25) is 4.79 Å². The number of methoxy groups -OCH3 is 2. The zero-order valence-electron chi connectivity index (χ0n) is 28.4. The first-order valence-corrected chi connectivity index (χ1v) is 18.2. The first kappa shape index (κ1) is 33.6. The summed E-state index contributed by atoms with van der Waals surface area (Å²) >= 11 is 8.22. The van der Waals surface area contributed by atoms with Crippen molar-refractivity contribution in [3.05, 3.63) is 99.8 Å². The number of hydrogen-bond acceptors (Lipinski definition) is 9. The number of thioether (sulfide) groups is 1. The summed E-state index contributed by atoms with van der Waals surface area (Å²) in [6.45, 7) is 5.43. The number of ether oxygens (including phenoxy) is 5. The molecule has 0 saturated carbocycles. The summed E-state index contributed by atoms with van der Waals surface area (Å²) in [6, 6.07) is 20.8. The molecule has 3 heterocycles. The lowest BCUT2D eigenvalue weighted by Crippen LogP contribution is -2.62. The molecule has 11 heteroatoms. The van der Waals surface area contributed by atoms with Crippen LogP contribution >= 0.6 is 23.4 Å². The van der Waals surface area contributed by atoms with Crippen LogP contribution in [0, 0.1) is 0 Å². The average molecular weight is 705 g/mol. The van der Waals surface area contributed by atoms with Crippen molar-refractivity contribution in [2.45, 2.75) is 68.4 Å². The third-order valence-electron chi connectivity index (χ3n) is 10.1. The lowest BCUT2D eigenvalue weighted by Gasteiger charge is -2.50. The summed E-state index contributed by atoms with van der Waals surface area (Å²) in [7, 11) is 3.29. The number of nitrogens with zero attached hydrogens (tertiary/aromatic N) is 2. The standard InChI is InChI=1S/C38H41ClN2O7S/c1-37(2)47-30-20-31-38(34(49-5)35(42)40(31)17-6-18-46-22-24-9-14-27(45-4)15-10-24)28-16-11-25(39)19-29(28)41(33(38)32(30)36(43)48-37)21-23-7-12-26(44-3)13-8-23/h7-16,19,31,33-34H,6,17-18,20-22H2,1-5H3/t31-,33-,34-,38+/m0/s1.